The molecule has 2 rings (SSSR count). The molecule has 0 aliphatic carbocycles. The zero-order valence-electron chi connectivity index (χ0n) is 16.0. The molecule has 0 radical (unpaired) electrons. The van der Waals surface area contributed by atoms with Gasteiger partial charge < -0.3 is 15.5 Å². The number of pyridine rings is 1. The van der Waals surface area contributed by atoms with Gasteiger partial charge >= 0.3 is 0 Å². The average Bonchev–Trinajstić information content (AvgIpc) is 2.93. The van der Waals surface area contributed by atoms with Crippen molar-refractivity contribution >= 4 is 41.5 Å². The Labute approximate surface area is 171 Å². The van der Waals surface area contributed by atoms with Crippen molar-refractivity contribution in [2.75, 3.05) is 27.2 Å². The molecule has 0 saturated heterocycles. The zero-order valence-corrected chi connectivity index (χ0v) is 18.3. The maximum Gasteiger partial charge on any atom is 0.240 e. The molecule has 0 aromatic carbocycles. The van der Waals surface area contributed by atoms with Gasteiger partial charge in [-0.1, -0.05) is 6.07 Å². The summed E-state index contributed by atoms with van der Waals surface area (Å²) in [5.41, 5.74) is 0.585. The van der Waals surface area contributed by atoms with E-state index < -0.39 is 0 Å². The molecule has 0 saturated carbocycles. The molecule has 26 heavy (non-hydrogen) atoms. The Morgan fingerprint density at radius 2 is 2.04 bits per heavy atom. The van der Waals surface area contributed by atoms with Crippen LogP contribution < -0.4 is 10.6 Å². The summed E-state index contributed by atoms with van der Waals surface area (Å²) in [6.07, 6.45) is 2.65. The first-order chi connectivity index (χ1) is 11.8. The normalized spacial score (nSPS) is 11.8. The third-order valence-corrected chi connectivity index (χ3v) is 3.48. The van der Waals surface area contributed by atoms with E-state index in [0.717, 1.165) is 11.5 Å². The van der Waals surface area contributed by atoms with Gasteiger partial charge in [-0.15, -0.1) is 34.2 Å². The van der Waals surface area contributed by atoms with E-state index in [1.54, 1.807) is 11.9 Å². The Morgan fingerprint density at radius 3 is 2.69 bits per heavy atom. The third-order valence-electron chi connectivity index (χ3n) is 3.48. The molecular weight excluding hydrogens is 445 g/mol. The first-order valence-corrected chi connectivity index (χ1v) is 8.31. The van der Waals surface area contributed by atoms with Crippen LogP contribution in [0, 0.1) is 0 Å². The van der Waals surface area contributed by atoms with Crippen molar-refractivity contribution in [2.45, 2.75) is 32.7 Å². The number of rotatable bonds is 5. The maximum absolute atomic E-state index is 12.0. The van der Waals surface area contributed by atoms with E-state index in [1.165, 1.54) is 0 Å². The summed E-state index contributed by atoms with van der Waals surface area (Å²) in [4.78, 5) is 18.1. The molecule has 1 amide bonds. The summed E-state index contributed by atoms with van der Waals surface area (Å²) in [7, 11) is 3.54. The van der Waals surface area contributed by atoms with Crippen molar-refractivity contribution in [1.82, 2.24) is 30.1 Å². The molecule has 9 heteroatoms. The molecule has 144 valence electrons. The zero-order chi connectivity index (χ0) is 18.4. The fourth-order valence-corrected chi connectivity index (χ4v) is 2.48. The van der Waals surface area contributed by atoms with E-state index in [2.05, 4.69) is 25.8 Å². The molecular formula is C17H28IN7O. The lowest BCUT2D eigenvalue weighted by atomic mass is 10.1. The molecule has 2 N–H and O–H groups in total. The van der Waals surface area contributed by atoms with Crippen LogP contribution in [0.25, 0.3) is 5.65 Å². The number of amides is 1. The highest BCUT2D eigenvalue weighted by molar-refractivity contribution is 14.0. The number of aliphatic imine (C=N–C) groups is 1. The molecule has 2 aromatic rings. The number of halogens is 1. The van der Waals surface area contributed by atoms with Crippen LogP contribution in [0.4, 0.5) is 0 Å². The number of aromatic nitrogens is 3. The van der Waals surface area contributed by atoms with Crippen molar-refractivity contribution in [3.8, 4) is 0 Å². The molecule has 0 aliphatic heterocycles. The number of hydrogen-bond acceptors (Lipinski definition) is 4. The number of hydrogen-bond donors (Lipinski definition) is 2. The topological polar surface area (TPSA) is 86.9 Å². The standard InChI is InChI=1S/C17H27N7O.HI/c1-17(2,3)20-15(25)12-23(5)16(18-4)19-10-9-14-22-21-13-8-6-7-11-24(13)14;/h6-8,11H,9-10,12H2,1-5H3,(H,18,19)(H,20,25);1H. The van der Waals surface area contributed by atoms with Crippen molar-refractivity contribution in [2.24, 2.45) is 4.99 Å². The number of nitrogens with zero attached hydrogens (tertiary/aromatic N) is 5. The predicted molar refractivity (Wildman–Crippen MR) is 114 cm³/mol. The lowest BCUT2D eigenvalue weighted by Gasteiger charge is -2.25. The van der Waals surface area contributed by atoms with E-state index in [-0.39, 0.29) is 42.0 Å². The highest BCUT2D eigenvalue weighted by atomic mass is 127. The predicted octanol–water partition coefficient (Wildman–Crippen LogP) is 1.31. The van der Waals surface area contributed by atoms with Crippen LogP contribution in [0.5, 0.6) is 0 Å². The van der Waals surface area contributed by atoms with Gasteiger partial charge in [0, 0.05) is 38.8 Å². The summed E-state index contributed by atoms with van der Waals surface area (Å²) in [5.74, 6) is 1.51. The molecule has 0 atom stereocenters. The van der Waals surface area contributed by atoms with E-state index in [4.69, 9.17) is 0 Å². The highest BCUT2D eigenvalue weighted by Crippen LogP contribution is 2.03. The van der Waals surface area contributed by atoms with Crippen LogP contribution in [-0.2, 0) is 11.2 Å². The van der Waals surface area contributed by atoms with E-state index in [9.17, 15) is 4.79 Å². The summed E-state index contributed by atoms with van der Waals surface area (Å²) in [6.45, 7) is 6.76. The molecule has 0 bridgehead atoms. The Morgan fingerprint density at radius 1 is 1.31 bits per heavy atom. The van der Waals surface area contributed by atoms with Gasteiger partial charge in [-0.3, -0.25) is 14.2 Å². The Hall–Kier alpha value is -1.91. The van der Waals surface area contributed by atoms with Crippen LogP contribution in [0.2, 0.25) is 0 Å². The molecule has 2 aromatic heterocycles. The Bertz CT molecular complexity index is 751. The SMILES string of the molecule is CN=C(NCCc1nnc2ccccn12)N(C)CC(=O)NC(C)(C)C.I. The number of fused-ring (bicyclic) bond motifs is 1. The van der Waals surface area contributed by atoms with Gasteiger partial charge in [-0.05, 0) is 32.9 Å². The first-order valence-electron chi connectivity index (χ1n) is 8.31. The van der Waals surface area contributed by atoms with Crippen LogP contribution in [0.3, 0.4) is 0 Å². The lowest BCUT2D eigenvalue weighted by molar-refractivity contribution is -0.122. The fraction of sp³-hybridized carbons (Fsp3) is 0.529. The van der Waals surface area contributed by atoms with E-state index in [1.807, 2.05) is 56.6 Å². The molecule has 0 aliphatic rings. The van der Waals surface area contributed by atoms with Gasteiger partial charge in [0.15, 0.2) is 11.6 Å². The number of carbonyl (C=O) groups is 1. The molecule has 0 spiro atoms. The fourth-order valence-electron chi connectivity index (χ4n) is 2.48. The second-order valence-electron chi connectivity index (χ2n) is 6.92. The first kappa shape index (κ1) is 22.1. The summed E-state index contributed by atoms with van der Waals surface area (Å²) < 4.78 is 1.96. The van der Waals surface area contributed by atoms with Crippen molar-refractivity contribution in [1.29, 1.82) is 0 Å². The van der Waals surface area contributed by atoms with Crippen LogP contribution in [0.1, 0.15) is 26.6 Å². The van der Waals surface area contributed by atoms with Crippen molar-refractivity contribution in [3.63, 3.8) is 0 Å². The van der Waals surface area contributed by atoms with Crippen molar-refractivity contribution in [3.05, 3.63) is 30.2 Å². The quantitative estimate of drug-likeness (QED) is 0.389. The Balaban J connectivity index is 0.00000338. The number of nitrogens with one attached hydrogen (secondary N) is 2. The maximum atomic E-state index is 12.0. The van der Waals surface area contributed by atoms with Gasteiger partial charge in [0.05, 0.1) is 6.54 Å². The average molecular weight is 473 g/mol. The van der Waals surface area contributed by atoms with Crippen molar-refractivity contribution < 1.29 is 4.79 Å². The number of guanidine groups is 1. The smallest absolute Gasteiger partial charge is 0.240 e. The summed E-state index contributed by atoms with van der Waals surface area (Å²) in [5, 5.41) is 14.5. The minimum atomic E-state index is -0.246. The van der Waals surface area contributed by atoms with E-state index >= 15 is 0 Å². The number of likely N-dealkylation sites (N-methyl/N-ethyl adjacent to an activating group) is 1. The minimum absolute atomic E-state index is 0. The van der Waals surface area contributed by atoms with Gasteiger partial charge in [-0.25, -0.2) is 0 Å². The van der Waals surface area contributed by atoms with Gasteiger partial charge in [-0.2, -0.15) is 0 Å². The van der Waals surface area contributed by atoms with Crippen LogP contribution in [-0.4, -0.2) is 64.1 Å². The largest absolute Gasteiger partial charge is 0.356 e. The molecule has 0 fully saturated rings. The molecule has 0 unspecified atom stereocenters. The van der Waals surface area contributed by atoms with Crippen LogP contribution >= 0.6 is 24.0 Å². The summed E-state index contributed by atoms with van der Waals surface area (Å²) in [6, 6.07) is 5.81. The summed E-state index contributed by atoms with van der Waals surface area (Å²) >= 11 is 0. The van der Waals surface area contributed by atoms with E-state index in [0.29, 0.717) is 18.9 Å². The monoisotopic (exact) mass is 473 g/mol. The van der Waals surface area contributed by atoms with Gasteiger partial charge in [0.1, 0.15) is 5.82 Å². The third kappa shape index (κ3) is 6.43. The second-order valence-corrected chi connectivity index (χ2v) is 6.92. The highest BCUT2D eigenvalue weighted by Gasteiger charge is 2.16. The molecule has 8 nitrogen and oxygen atoms in total. The van der Waals surface area contributed by atoms with Crippen LogP contribution in [0.15, 0.2) is 29.4 Å². The second kappa shape index (κ2) is 9.70. The molecule has 2 heterocycles. The van der Waals surface area contributed by atoms with Gasteiger partial charge in [0.2, 0.25) is 5.91 Å². The lowest BCUT2D eigenvalue weighted by Crippen LogP contribution is -2.49. The Kier molecular flexibility index (Phi) is 8.25. The van der Waals surface area contributed by atoms with Gasteiger partial charge in [0.25, 0.3) is 0 Å². The minimum Gasteiger partial charge on any atom is -0.356 e. The number of carbonyl (C=O) groups excluding carboxylic acids is 1.